The zero-order valence-corrected chi connectivity index (χ0v) is 8.23. The van der Waals surface area contributed by atoms with Crippen molar-refractivity contribution in [3.8, 4) is 0 Å². The molecular weight excluding hydrogens is 164 g/mol. The first-order valence-corrected chi connectivity index (χ1v) is 5.76. The second-order valence-corrected chi connectivity index (χ2v) is 4.28. The minimum atomic E-state index is 0.876. The van der Waals surface area contributed by atoms with Crippen LogP contribution in [0.15, 0.2) is 29.2 Å². The first-order valence-electron chi connectivity index (χ1n) is 4.54. The van der Waals surface area contributed by atoms with E-state index in [1.807, 2.05) is 11.8 Å². The molecule has 1 fully saturated rings. The summed E-state index contributed by atoms with van der Waals surface area (Å²) < 4.78 is 0. The fourth-order valence-corrected chi connectivity index (χ4v) is 2.03. The summed E-state index contributed by atoms with van der Waals surface area (Å²) >= 11 is 1.81. The van der Waals surface area contributed by atoms with Gasteiger partial charge in [-0.05, 0) is 42.7 Å². The summed E-state index contributed by atoms with van der Waals surface area (Å²) in [5.41, 5.74) is 1.54. The fraction of sp³-hybridized carbons (Fsp3) is 0.455. The van der Waals surface area contributed by atoms with Gasteiger partial charge in [0.25, 0.3) is 0 Å². The number of thioether (sulfide) groups is 1. The van der Waals surface area contributed by atoms with Gasteiger partial charge in [-0.2, -0.15) is 0 Å². The van der Waals surface area contributed by atoms with Crippen LogP contribution in [0.25, 0.3) is 0 Å². The molecule has 0 spiro atoms. The predicted octanol–water partition coefficient (Wildman–Crippen LogP) is 3.68. The van der Waals surface area contributed by atoms with Crippen LogP contribution < -0.4 is 0 Å². The van der Waals surface area contributed by atoms with E-state index in [4.69, 9.17) is 0 Å². The maximum Gasteiger partial charge on any atom is 0.00693 e. The van der Waals surface area contributed by atoms with E-state index in [9.17, 15) is 0 Å². The quantitative estimate of drug-likeness (QED) is 0.623. The highest BCUT2D eigenvalue weighted by Gasteiger charge is 2.18. The van der Waals surface area contributed by atoms with Crippen LogP contribution in [0.2, 0.25) is 0 Å². The maximum absolute atomic E-state index is 2.29. The molecule has 0 unspecified atom stereocenters. The monoisotopic (exact) mass is 178 g/mol. The van der Waals surface area contributed by atoms with Gasteiger partial charge >= 0.3 is 0 Å². The van der Waals surface area contributed by atoms with Crippen molar-refractivity contribution in [3.05, 3.63) is 29.8 Å². The number of rotatable bonds is 2. The second kappa shape index (κ2) is 3.53. The summed E-state index contributed by atoms with van der Waals surface area (Å²) in [5, 5.41) is 0. The van der Waals surface area contributed by atoms with Crippen LogP contribution in [0.5, 0.6) is 0 Å². The molecule has 2 rings (SSSR count). The van der Waals surface area contributed by atoms with Gasteiger partial charge < -0.3 is 0 Å². The fourth-order valence-electron chi connectivity index (χ4n) is 1.62. The van der Waals surface area contributed by atoms with Crippen LogP contribution in [0, 0.1) is 0 Å². The summed E-state index contributed by atoms with van der Waals surface area (Å²) in [6.45, 7) is 0. The molecule has 0 aliphatic heterocycles. The number of benzene rings is 1. The maximum atomic E-state index is 2.29. The Morgan fingerprint density at radius 3 is 2.25 bits per heavy atom. The Kier molecular flexibility index (Phi) is 2.40. The normalized spacial score (nSPS) is 17.4. The van der Waals surface area contributed by atoms with E-state index in [0.29, 0.717) is 0 Å². The molecule has 0 nitrogen and oxygen atoms in total. The number of hydrogen-bond acceptors (Lipinski definition) is 1. The molecule has 0 heterocycles. The standard InChI is InChI=1S/C11H14S/c1-12-11-7-5-10(6-8-11)9-3-2-4-9/h5-9H,2-4H2,1H3. The van der Waals surface area contributed by atoms with Crippen molar-refractivity contribution in [1.82, 2.24) is 0 Å². The molecule has 1 aromatic rings. The lowest BCUT2D eigenvalue weighted by atomic mass is 9.80. The van der Waals surface area contributed by atoms with Gasteiger partial charge in [0.2, 0.25) is 0 Å². The van der Waals surface area contributed by atoms with E-state index < -0.39 is 0 Å². The smallest absolute Gasteiger partial charge is 0.00693 e. The minimum absolute atomic E-state index is 0.876. The summed E-state index contributed by atoms with van der Waals surface area (Å²) in [7, 11) is 0. The van der Waals surface area contributed by atoms with Crippen molar-refractivity contribution in [2.24, 2.45) is 0 Å². The van der Waals surface area contributed by atoms with Gasteiger partial charge in [-0.15, -0.1) is 11.8 Å². The molecular formula is C11H14S. The van der Waals surface area contributed by atoms with Gasteiger partial charge in [0.15, 0.2) is 0 Å². The van der Waals surface area contributed by atoms with E-state index in [1.165, 1.54) is 24.2 Å². The average molecular weight is 178 g/mol. The molecule has 0 bridgehead atoms. The Hall–Kier alpha value is -0.430. The molecule has 0 N–H and O–H groups in total. The molecule has 0 aromatic heterocycles. The predicted molar refractivity (Wildman–Crippen MR) is 54.8 cm³/mol. The third-order valence-electron chi connectivity index (χ3n) is 2.69. The van der Waals surface area contributed by atoms with E-state index in [1.54, 1.807) is 5.56 Å². The largest absolute Gasteiger partial charge is 0.130 e. The molecule has 0 amide bonds. The van der Waals surface area contributed by atoms with E-state index >= 15 is 0 Å². The Bertz CT molecular complexity index is 246. The van der Waals surface area contributed by atoms with Crippen molar-refractivity contribution in [3.63, 3.8) is 0 Å². The van der Waals surface area contributed by atoms with Crippen LogP contribution in [0.3, 0.4) is 0 Å². The Morgan fingerprint density at radius 1 is 1.17 bits per heavy atom. The minimum Gasteiger partial charge on any atom is -0.130 e. The van der Waals surface area contributed by atoms with Crippen molar-refractivity contribution >= 4 is 11.8 Å². The highest BCUT2D eigenvalue weighted by atomic mass is 32.2. The van der Waals surface area contributed by atoms with E-state index in [0.717, 1.165) is 5.92 Å². The van der Waals surface area contributed by atoms with Crippen LogP contribution in [0.1, 0.15) is 30.7 Å². The van der Waals surface area contributed by atoms with Crippen molar-refractivity contribution in [2.45, 2.75) is 30.1 Å². The van der Waals surface area contributed by atoms with E-state index in [2.05, 4.69) is 30.5 Å². The van der Waals surface area contributed by atoms with Crippen LogP contribution in [-0.2, 0) is 0 Å². The second-order valence-electron chi connectivity index (χ2n) is 3.40. The molecule has 0 radical (unpaired) electrons. The summed E-state index contributed by atoms with van der Waals surface area (Å²) in [6.07, 6.45) is 6.35. The van der Waals surface area contributed by atoms with Gasteiger partial charge in [-0.1, -0.05) is 18.6 Å². The van der Waals surface area contributed by atoms with Gasteiger partial charge in [-0.3, -0.25) is 0 Å². The molecule has 0 atom stereocenters. The van der Waals surface area contributed by atoms with Gasteiger partial charge in [-0.25, -0.2) is 0 Å². The first-order chi connectivity index (χ1) is 5.90. The van der Waals surface area contributed by atoms with Crippen LogP contribution in [-0.4, -0.2) is 6.26 Å². The Morgan fingerprint density at radius 2 is 1.83 bits per heavy atom. The molecule has 1 saturated carbocycles. The van der Waals surface area contributed by atoms with Crippen molar-refractivity contribution < 1.29 is 0 Å². The Balaban J connectivity index is 2.13. The number of hydrogen-bond donors (Lipinski definition) is 0. The molecule has 1 heteroatoms. The molecule has 0 saturated heterocycles. The third kappa shape index (κ3) is 1.51. The van der Waals surface area contributed by atoms with Gasteiger partial charge in [0, 0.05) is 4.90 Å². The molecule has 1 aliphatic rings. The zero-order chi connectivity index (χ0) is 8.39. The highest BCUT2D eigenvalue weighted by molar-refractivity contribution is 7.98. The summed E-state index contributed by atoms with van der Waals surface area (Å²) in [5.74, 6) is 0.876. The average Bonchev–Trinajstić information content (AvgIpc) is 2.03. The molecule has 64 valence electrons. The summed E-state index contributed by atoms with van der Waals surface area (Å²) in [6, 6.07) is 9.04. The van der Waals surface area contributed by atoms with Gasteiger partial charge in [0.1, 0.15) is 0 Å². The molecule has 1 aliphatic carbocycles. The molecule has 1 aromatic carbocycles. The zero-order valence-electron chi connectivity index (χ0n) is 7.42. The van der Waals surface area contributed by atoms with Gasteiger partial charge in [0.05, 0.1) is 0 Å². The Labute approximate surface area is 78.4 Å². The summed E-state index contributed by atoms with van der Waals surface area (Å²) in [4.78, 5) is 1.37. The van der Waals surface area contributed by atoms with E-state index in [-0.39, 0.29) is 0 Å². The third-order valence-corrected chi connectivity index (χ3v) is 3.44. The lowest BCUT2D eigenvalue weighted by molar-refractivity contribution is 0.419. The van der Waals surface area contributed by atoms with Crippen molar-refractivity contribution in [2.75, 3.05) is 6.26 Å². The SMILES string of the molecule is CSc1ccc(C2CCC2)cc1. The topological polar surface area (TPSA) is 0 Å². The van der Waals surface area contributed by atoms with Crippen LogP contribution >= 0.6 is 11.8 Å². The van der Waals surface area contributed by atoms with Crippen LogP contribution in [0.4, 0.5) is 0 Å². The highest BCUT2D eigenvalue weighted by Crippen LogP contribution is 2.36. The molecule has 12 heavy (non-hydrogen) atoms. The first kappa shape index (κ1) is 8.18. The lowest BCUT2D eigenvalue weighted by Crippen LogP contribution is -2.08. The van der Waals surface area contributed by atoms with Crippen molar-refractivity contribution in [1.29, 1.82) is 0 Å². The lowest BCUT2D eigenvalue weighted by Gasteiger charge is -2.25.